The van der Waals surface area contributed by atoms with E-state index in [0.29, 0.717) is 0 Å². The van der Waals surface area contributed by atoms with Gasteiger partial charge in [-0.25, -0.2) is 0 Å². The average Bonchev–Trinajstić information content (AvgIpc) is 2.72. The smallest absolute Gasteiger partial charge is 0.217 e. The maximum Gasteiger partial charge on any atom is 0.217 e. The molecule has 1 amide bonds. The van der Waals surface area contributed by atoms with Gasteiger partial charge in [0, 0.05) is 26.1 Å². The van der Waals surface area contributed by atoms with Gasteiger partial charge in [0.05, 0.1) is 0 Å². The number of nitrogens with zero attached hydrogens (tertiary/aromatic N) is 3. The molecule has 1 aliphatic heterocycles. The first-order valence-corrected chi connectivity index (χ1v) is 6.27. The van der Waals surface area contributed by atoms with Crippen molar-refractivity contribution in [3.05, 3.63) is 3.92 Å². The number of hydrogen-bond donors (Lipinski definition) is 1. The van der Waals surface area contributed by atoms with E-state index < -0.39 is 0 Å². The van der Waals surface area contributed by atoms with Gasteiger partial charge in [0.2, 0.25) is 11.0 Å². The first kappa shape index (κ1) is 10.8. The summed E-state index contributed by atoms with van der Waals surface area (Å²) in [5.74, 6) is 0.0281. The van der Waals surface area contributed by atoms with Crippen LogP contribution in [-0.4, -0.2) is 35.2 Å². The highest BCUT2D eigenvalue weighted by molar-refractivity contribution is 9.11. The summed E-state index contributed by atoms with van der Waals surface area (Å²) in [6.45, 7) is 3.29. The van der Waals surface area contributed by atoms with Crippen LogP contribution in [0.4, 0.5) is 5.13 Å². The molecule has 1 saturated heterocycles. The zero-order chi connectivity index (χ0) is 10.8. The van der Waals surface area contributed by atoms with E-state index in [1.165, 1.54) is 11.3 Å². The fraction of sp³-hybridized carbons (Fsp3) is 0.625. The molecule has 0 aromatic carbocycles. The Hall–Kier alpha value is -0.690. The summed E-state index contributed by atoms with van der Waals surface area (Å²) >= 11 is 4.80. The second-order valence-corrected chi connectivity index (χ2v) is 5.70. The maximum atomic E-state index is 10.9. The largest absolute Gasteiger partial charge is 0.352 e. The number of rotatable bonds is 2. The molecule has 2 rings (SSSR count). The fourth-order valence-corrected chi connectivity index (χ4v) is 2.79. The number of carbonyl (C=O) groups is 1. The van der Waals surface area contributed by atoms with E-state index in [1.54, 1.807) is 6.92 Å². The van der Waals surface area contributed by atoms with Gasteiger partial charge in [0.1, 0.15) is 0 Å². The summed E-state index contributed by atoms with van der Waals surface area (Å²) in [6.07, 6.45) is 0.969. The zero-order valence-electron chi connectivity index (χ0n) is 8.23. The summed E-state index contributed by atoms with van der Waals surface area (Å²) in [7, 11) is 0. The molecule has 1 fully saturated rings. The Morgan fingerprint density at radius 1 is 1.67 bits per heavy atom. The Kier molecular flexibility index (Phi) is 3.20. The molecule has 0 spiro atoms. The Labute approximate surface area is 100 Å². The van der Waals surface area contributed by atoms with Crippen molar-refractivity contribution < 1.29 is 4.79 Å². The molecule has 5 nitrogen and oxygen atoms in total. The van der Waals surface area contributed by atoms with E-state index in [9.17, 15) is 4.79 Å². The summed E-state index contributed by atoms with van der Waals surface area (Å²) in [6, 6.07) is 0.241. The lowest BCUT2D eigenvalue weighted by atomic mass is 10.3. The van der Waals surface area contributed by atoms with Crippen molar-refractivity contribution in [1.29, 1.82) is 0 Å². The van der Waals surface area contributed by atoms with Gasteiger partial charge in [-0.1, -0.05) is 11.3 Å². The third-order valence-corrected chi connectivity index (χ3v) is 3.67. The van der Waals surface area contributed by atoms with Gasteiger partial charge < -0.3 is 10.2 Å². The third kappa shape index (κ3) is 2.66. The molecule has 0 unspecified atom stereocenters. The quantitative estimate of drug-likeness (QED) is 0.883. The molecule has 0 saturated carbocycles. The molecule has 0 aliphatic carbocycles. The molecule has 7 heteroatoms. The van der Waals surface area contributed by atoms with E-state index in [2.05, 4.69) is 36.3 Å². The molecule has 1 N–H and O–H groups in total. The van der Waals surface area contributed by atoms with Crippen molar-refractivity contribution in [3.63, 3.8) is 0 Å². The predicted molar refractivity (Wildman–Crippen MR) is 62.0 cm³/mol. The van der Waals surface area contributed by atoms with Gasteiger partial charge in [-0.3, -0.25) is 4.79 Å². The number of amides is 1. The van der Waals surface area contributed by atoms with Gasteiger partial charge in [-0.2, -0.15) is 0 Å². The minimum absolute atomic E-state index is 0.0281. The van der Waals surface area contributed by atoms with E-state index >= 15 is 0 Å². The van der Waals surface area contributed by atoms with E-state index in [1.807, 2.05) is 0 Å². The first-order chi connectivity index (χ1) is 7.15. The van der Waals surface area contributed by atoms with Crippen molar-refractivity contribution in [2.24, 2.45) is 0 Å². The summed E-state index contributed by atoms with van der Waals surface area (Å²) in [5, 5.41) is 11.8. The summed E-state index contributed by atoms with van der Waals surface area (Å²) in [4.78, 5) is 13.0. The SMILES string of the molecule is CC(=O)N[C@H]1CCN(c2nnc(Br)s2)C1. The molecule has 82 valence electrons. The molecule has 2 heterocycles. The van der Waals surface area contributed by atoms with Crippen molar-refractivity contribution in [1.82, 2.24) is 15.5 Å². The highest BCUT2D eigenvalue weighted by atomic mass is 79.9. The fourth-order valence-electron chi connectivity index (χ4n) is 1.67. The van der Waals surface area contributed by atoms with Crippen molar-refractivity contribution >= 4 is 38.3 Å². The lowest BCUT2D eigenvalue weighted by Crippen LogP contribution is -2.35. The van der Waals surface area contributed by atoms with Crippen LogP contribution in [0.1, 0.15) is 13.3 Å². The lowest BCUT2D eigenvalue weighted by Gasteiger charge is -2.14. The number of halogens is 1. The molecule has 0 radical (unpaired) electrons. The van der Waals surface area contributed by atoms with Crippen molar-refractivity contribution in [2.45, 2.75) is 19.4 Å². The number of anilines is 1. The van der Waals surface area contributed by atoms with Gasteiger partial charge in [0.25, 0.3) is 0 Å². The minimum Gasteiger partial charge on any atom is -0.352 e. The van der Waals surface area contributed by atoms with Gasteiger partial charge >= 0.3 is 0 Å². The number of hydrogen-bond acceptors (Lipinski definition) is 5. The molecule has 1 aromatic heterocycles. The van der Waals surface area contributed by atoms with Gasteiger partial charge in [-0.05, 0) is 22.4 Å². The van der Waals surface area contributed by atoms with Crippen LogP contribution in [0.3, 0.4) is 0 Å². The lowest BCUT2D eigenvalue weighted by molar-refractivity contribution is -0.119. The second-order valence-electron chi connectivity index (χ2n) is 3.47. The highest BCUT2D eigenvalue weighted by Gasteiger charge is 2.25. The molecule has 15 heavy (non-hydrogen) atoms. The topological polar surface area (TPSA) is 58.1 Å². The number of nitrogens with one attached hydrogen (secondary N) is 1. The van der Waals surface area contributed by atoms with Crippen molar-refractivity contribution in [2.75, 3.05) is 18.0 Å². The van der Waals surface area contributed by atoms with Crippen LogP contribution in [0, 0.1) is 0 Å². The zero-order valence-corrected chi connectivity index (χ0v) is 10.6. The first-order valence-electron chi connectivity index (χ1n) is 4.66. The maximum absolute atomic E-state index is 10.9. The van der Waals surface area contributed by atoms with Crippen LogP contribution in [0.15, 0.2) is 3.92 Å². The standard InChI is InChI=1S/C8H11BrN4OS/c1-5(14)10-6-2-3-13(4-6)8-12-11-7(9)15-8/h6H,2-4H2,1H3,(H,10,14)/t6-/m0/s1. The van der Waals surface area contributed by atoms with Gasteiger partial charge in [0.15, 0.2) is 3.92 Å². The number of aromatic nitrogens is 2. The third-order valence-electron chi connectivity index (χ3n) is 2.26. The predicted octanol–water partition coefficient (Wildman–Crippen LogP) is 1.02. The van der Waals surface area contributed by atoms with E-state index in [4.69, 9.17) is 0 Å². The molecule has 1 atom stereocenters. The van der Waals surface area contributed by atoms with Gasteiger partial charge in [-0.15, -0.1) is 10.2 Å². The van der Waals surface area contributed by atoms with Crippen LogP contribution < -0.4 is 10.2 Å². The van der Waals surface area contributed by atoms with E-state index in [-0.39, 0.29) is 11.9 Å². The Bertz CT molecular complexity index is 369. The Morgan fingerprint density at radius 3 is 3.07 bits per heavy atom. The Balaban J connectivity index is 1.95. The molecule has 1 aromatic rings. The molecular formula is C8H11BrN4OS. The van der Waals surface area contributed by atoms with Crippen LogP contribution in [-0.2, 0) is 4.79 Å². The van der Waals surface area contributed by atoms with E-state index in [0.717, 1.165) is 28.6 Å². The van der Waals surface area contributed by atoms with Crippen LogP contribution in [0.2, 0.25) is 0 Å². The van der Waals surface area contributed by atoms with Crippen LogP contribution in [0.25, 0.3) is 0 Å². The Morgan fingerprint density at radius 2 is 2.47 bits per heavy atom. The minimum atomic E-state index is 0.0281. The molecule has 1 aliphatic rings. The monoisotopic (exact) mass is 290 g/mol. The van der Waals surface area contributed by atoms with Crippen LogP contribution >= 0.6 is 27.3 Å². The average molecular weight is 291 g/mol. The molecule has 0 bridgehead atoms. The normalized spacial score (nSPS) is 20.7. The molecular weight excluding hydrogens is 280 g/mol. The summed E-state index contributed by atoms with van der Waals surface area (Å²) < 4.78 is 0.792. The van der Waals surface area contributed by atoms with Crippen LogP contribution in [0.5, 0.6) is 0 Å². The second kappa shape index (κ2) is 4.44. The highest BCUT2D eigenvalue weighted by Crippen LogP contribution is 2.26. The summed E-state index contributed by atoms with van der Waals surface area (Å²) in [5.41, 5.74) is 0. The number of carbonyl (C=O) groups excluding carboxylic acids is 1. The van der Waals surface area contributed by atoms with Crippen molar-refractivity contribution in [3.8, 4) is 0 Å².